The Bertz CT molecular complexity index is 1240. The Morgan fingerprint density at radius 2 is 1.80 bits per heavy atom. The second-order valence-electron chi connectivity index (χ2n) is 7.93. The lowest BCUT2D eigenvalue weighted by Gasteiger charge is -2.12. The smallest absolute Gasteiger partial charge is 0.258 e. The van der Waals surface area contributed by atoms with Crippen molar-refractivity contribution in [1.29, 1.82) is 0 Å². The van der Waals surface area contributed by atoms with Crippen LogP contribution in [-0.2, 0) is 19.6 Å². The molecule has 30 heavy (non-hydrogen) atoms. The van der Waals surface area contributed by atoms with Crippen LogP contribution in [0.2, 0.25) is 0 Å². The molecule has 0 spiro atoms. The molecule has 0 bridgehead atoms. The van der Waals surface area contributed by atoms with Gasteiger partial charge in [-0.15, -0.1) is 0 Å². The third-order valence-corrected chi connectivity index (χ3v) is 5.84. The Morgan fingerprint density at radius 3 is 2.63 bits per heavy atom. The number of hydrogen-bond acceptors (Lipinski definition) is 3. The van der Waals surface area contributed by atoms with Crippen molar-refractivity contribution in [3.8, 4) is 11.4 Å². The summed E-state index contributed by atoms with van der Waals surface area (Å²) in [6, 6.07) is 21.9. The first-order valence-corrected chi connectivity index (χ1v) is 10.4. The monoisotopic (exact) mass is 399 g/mol. The average molecular weight is 399 g/mol. The second kappa shape index (κ2) is 7.84. The molecule has 2 aromatic carbocycles. The minimum absolute atomic E-state index is 0.0951. The van der Waals surface area contributed by atoms with Crippen molar-refractivity contribution in [3.63, 3.8) is 0 Å². The van der Waals surface area contributed by atoms with Gasteiger partial charge in [0.05, 0.1) is 0 Å². The molecule has 0 N–H and O–H groups in total. The van der Waals surface area contributed by atoms with Gasteiger partial charge in [-0.25, -0.2) is 0 Å². The van der Waals surface area contributed by atoms with Crippen LogP contribution < -0.4 is 10.3 Å². The molecule has 0 fully saturated rings. The lowest BCUT2D eigenvalue weighted by atomic mass is 10.2. The predicted octanol–water partition coefficient (Wildman–Crippen LogP) is 3.86. The van der Waals surface area contributed by atoms with Crippen molar-refractivity contribution < 1.29 is 4.74 Å². The van der Waals surface area contributed by atoms with Crippen LogP contribution in [0, 0.1) is 0 Å². The second-order valence-corrected chi connectivity index (χ2v) is 7.93. The zero-order valence-electron chi connectivity index (χ0n) is 17.1. The molecule has 4 aromatic rings. The topological polar surface area (TPSA) is 39.4 Å². The maximum absolute atomic E-state index is 12.7. The Balaban J connectivity index is 1.40. The number of ether oxygens (including phenoxy) is 1. The molecule has 1 aliphatic rings. The molecule has 0 atom stereocenters. The molecule has 0 saturated carbocycles. The van der Waals surface area contributed by atoms with Crippen LogP contribution >= 0.6 is 0 Å². The van der Waals surface area contributed by atoms with E-state index in [0.717, 1.165) is 37.3 Å². The maximum Gasteiger partial charge on any atom is 0.258 e. The summed E-state index contributed by atoms with van der Waals surface area (Å²) in [6.45, 7) is 3.58. The molecule has 5 heteroatoms. The minimum Gasteiger partial charge on any atom is -0.489 e. The van der Waals surface area contributed by atoms with Gasteiger partial charge in [0.25, 0.3) is 5.56 Å². The Morgan fingerprint density at radius 1 is 0.933 bits per heavy atom. The van der Waals surface area contributed by atoms with Crippen LogP contribution in [0.15, 0.2) is 77.7 Å². The zero-order valence-corrected chi connectivity index (χ0v) is 17.1. The molecule has 0 saturated heterocycles. The SMILES string of the molecule is CN1CCc2cc3cc(-n4ccc(OCc5ccccc5)cc4=O)ccc3n2CC1. The fourth-order valence-electron chi connectivity index (χ4n) is 4.13. The molecule has 5 nitrogen and oxygen atoms in total. The first-order valence-electron chi connectivity index (χ1n) is 10.4. The van der Waals surface area contributed by atoms with Crippen molar-refractivity contribution in [1.82, 2.24) is 14.0 Å². The highest BCUT2D eigenvalue weighted by Crippen LogP contribution is 2.25. The fourth-order valence-corrected chi connectivity index (χ4v) is 4.13. The van der Waals surface area contributed by atoms with Crippen LogP contribution in [0.3, 0.4) is 0 Å². The number of aromatic nitrogens is 2. The first kappa shape index (κ1) is 18.7. The molecule has 3 heterocycles. The molecule has 0 amide bonds. The van der Waals surface area contributed by atoms with Gasteiger partial charge in [0.1, 0.15) is 12.4 Å². The summed E-state index contributed by atoms with van der Waals surface area (Å²) in [7, 11) is 2.17. The lowest BCUT2D eigenvalue weighted by molar-refractivity contribution is 0.305. The predicted molar refractivity (Wildman–Crippen MR) is 120 cm³/mol. The van der Waals surface area contributed by atoms with Crippen molar-refractivity contribution in [3.05, 3.63) is 94.5 Å². The zero-order chi connectivity index (χ0) is 20.5. The number of fused-ring (bicyclic) bond motifs is 3. The molecule has 2 aromatic heterocycles. The van der Waals surface area contributed by atoms with Gasteiger partial charge in [-0.05, 0) is 42.9 Å². The molecule has 152 valence electrons. The Labute approximate surface area is 175 Å². The number of rotatable bonds is 4. The number of hydrogen-bond donors (Lipinski definition) is 0. The average Bonchev–Trinajstić information content (AvgIpc) is 3.01. The van der Waals surface area contributed by atoms with Gasteiger partial charge >= 0.3 is 0 Å². The van der Waals surface area contributed by atoms with Crippen molar-refractivity contribution in [2.45, 2.75) is 19.6 Å². The van der Waals surface area contributed by atoms with Gasteiger partial charge in [-0.2, -0.15) is 0 Å². The summed E-state index contributed by atoms with van der Waals surface area (Å²) in [4.78, 5) is 15.1. The standard InChI is InChI=1S/C25H25N3O2/c1-26-11-9-22-16-20-15-21(7-8-24(20)27(22)14-13-26)28-12-10-23(17-25(28)29)30-18-19-5-3-2-4-6-19/h2-8,10,12,15-17H,9,11,13-14,18H2,1H3. The van der Waals surface area contributed by atoms with E-state index in [1.54, 1.807) is 16.8 Å². The maximum atomic E-state index is 12.7. The highest BCUT2D eigenvalue weighted by molar-refractivity contribution is 5.83. The van der Waals surface area contributed by atoms with E-state index in [9.17, 15) is 4.79 Å². The van der Waals surface area contributed by atoms with Gasteiger partial charge in [0, 0.05) is 60.6 Å². The third kappa shape index (κ3) is 3.64. The van der Waals surface area contributed by atoms with E-state index in [1.807, 2.05) is 42.5 Å². The van der Waals surface area contributed by atoms with Gasteiger partial charge in [-0.3, -0.25) is 9.36 Å². The van der Waals surface area contributed by atoms with E-state index in [4.69, 9.17) is 4.74 Å². The molecule has 0 radical (unpaired) electrons. The molecule has 5 rings (SSSR count). The van der Waals surface area contributed by atoms with Gasteiger partial charge in [0.2, 0.25) is 0 Å². The van der Waals surface area contributed by atoms with Crippen LogP contribution in [0.25, 0.3) is 16.6 Å². The molecule has 0 unspecified atom stereocenters. The van der Waals surface area contributed by atoms with Gasteiger partial charge in [-0.1, -0.05) is 30.3 Å². The summed E-state index contributed by atoms with van der Waals surface area (Å²) in [5, 5.41) is 1.18. The van der Waals surface area contributed by atoms with E-state index >= 15 is 0 Å². The van der Waals surface area contributed by atoms with Crippen molar-refractivity contribution in [2.75, 3.05) is 20.1 Å². The number of nitrogens with zero attached hydrogens (tertiary/aromatic N) is 3. The van der Waals surface area contributed by atoms with E-state index in [0.29, 0.717) is 12.4 Å². The highest BCUT2D eigenvalue weighted by atomic mass is 16.5. The van der Waals surface area contributed by atoms with Crippen molar-refractivity contribution in [2.24, 2.45) is 0 Å². The fraction of sp³-hybridized carbons (Fsp3) is 0.240. The molecular weight excluding hydrogens is 374 g/mol. The van der Waals surface area contributed by atoms with Crippen LogP contribution in [0.5, 0.6) is 5.75 Å². The lowest BCUT2D eigenvalue weighted by Crippen LogP contribution is -2.21. The quantitative estimate of drug-likeness (QED) is 0.523. The molecule has 0 aliphatic carbocycles. The van der Waals surface area contributed by atoms with Gasteiger partial charge < -0.3 is 14.2 Å². The summed E-state index contributed by atoms with van der Waals surface area (Å²) in [6.07, 6.45) is 2.84. The van der Waals surface area contributed by atoms with E-state index in [1.165, 1.54) is 16.6 Å². The summed E-state index contributed by atoms with van der Waals surface area (Å²) >= 11 is 0. The van der Waals surface area contributed by atoms with Crippen LogP contribution in [-0.4, -0.2) is 34.2 Å². The Kier molecular flexibility index (Phi) is 4.89. The first-order chi connectivity index (χ1) is 14.7. The van der Waals surface area contributed by atoms with Crippen LogP contribution in [0.1, 0.15) is 11.3 Å². The van der Waals surface area contributed by atoms with Crippen LogP contribution in [0.4, 0.5) is 0 Å². The number of pyridine rings is 1. The third-order valence-electron chi connectivity index (χ3n) is 5.84. The van der Waals surface area contributed by atoms with E-state index in [2.05, 4.69) is 34.7 Å². The normalized spacial score (nSPS) is 14.4. The molecular formula is C25H25N3O2. The minimum atomic E-state index is -0.0951. The molecule has 1 aliphatic heterocycles. The largest absolute Gasteiger partial charge is 0.489 e. The van der Waals surface area contributed by atoms with E-state index in [-0.39, 0.29) is 5.56 Å². The highest BCUT2D eigenvalue weighted by Gasteiger charge is 2.15. The van der Waals surface area contributed by atoms with E-state index < -0.39 is 0 Å². The Hall–Kier alpha value is -3.31. The number of likely N-dealkylation sites (N-methyl/N-ethyl adjacent to an activating group) is 1. The summed E-state index contributed by atoms with van der Waals surface area (Å²) in [5.74, 6) is 0.584. The summed E-state index contributed by atoms with van der Waals surface area (Å²) in [5.41, 5.74) is 4.46. The summed E-state index contributed by atoms with van der Waals surface area (Å²) < 4.78 is 9.87. The number of benzene rings is 2. The van der Waals surface area contributed by atoms with Crippen molar-refractivity contribution >= 4 is 10.9 Å². The van der Waals surface area contributed by atoms with Gasteiger partial charge in [0.15, 0.2) is 0 Å².